The predicted molar refractivity (Wildman–Crippen MR) is 112 cm³/mol. The minimum Gasteiger partial charge on any atom is -0.383 e. The molecule has 0 spiro atoms. The lowest BCUT2D eigenvalue weighted by molar-refractivity contribution is 0.0666. The average Bonchev–Trinajstić information content (AvgIpc) is 3.05. The van der Waals surface area contributed by atoms with E-state index in [1.54, 1.807) is 19.1 Å². The van der Waals surface area contributed by atoms with Gasteiger partial charge in [-0.3, -0.25) is 0 Å². The molecule has 3 aromatic rings. The molecule has 0 aliphatic heterocycles. The zero-order valence-electron chi connectivity index (χ0n) is 16.0. The van der Waals surface area contributed by atoms with E-state index in [0.29, 0.717) is 0 Å². The normalized spacial score (nSPS) is 15.0. The summed E-state index contributed by atoms with van der Waals surface area (Å²) >= 11 is 1.47. The molecular weight excluding hydrogens is 378 g/mol. The third kappa shape index (κ3) is 4.41. The van der Waals surface area contributed by atoms with Gasteiger partial charge in [-0.2, -0.15) is 0 Å². The van der Waals surface area contributed by atoms with E-state index in [-0.39, 0.29) is 16.9 Å². The number of benzene rings is 2. The van der Waals surface area contributed by atoms with Gasteiger partial charge in [0.25, 0.3) is 0 Å². The van der Waals surface area contributed by atoms with E-state index in [1.807, 2.05) is 42.5 Å². The Labute approximate surface area is 164 Å². The fourth-order valence-electron chi connectivity index (χ4n) is 2.79. The smallest absolute Gasteiger partial charge is 0.240 e. The van der Waals surface area contributed by atoms with Gasteiger partial charge in [0.1, 0.15) is 5.60 Å². The van der Waals surface area contributed by atoms with Crippen molar-refractivity contribution in [1.82, 2.24) is 4.72 Å². The Morgan fingerprint density at radius 3 is 2.22 bits per heavy atom. The number of thiophene rings is 1. The zero-order valence-corrected chi connectivity index (χ0v) is 17.6. The maximum absolute atomic E-state index is 12.6. The molecule has 0 aliphatic rings. The number of rotatable bonds is 5. The van der Waals surface area contributed by atoms with Crippen LogP contribution in [-0.2, 0) is 21.0 Å². The molecule has 1 unspecified atom stereocenters. The first-order valence-electron chi connectivity index (χ1n) is 8.81. The quantitative estimate of drug-likeness (QED) is 0.664. The Balaban J connectivity index is 1.77. The van der Waals surface area contributed by atoms with Crippen molar-refractivity contribution in [3.8, 4) is 0 Å². The van der Waals surface area contributed by atoms with Crippen molar-refractivity contribution in [3.05, 3.63) is 65.0 Å². The zero-order chi connectivity index (χ0) is 19.9. The van der Waals surface area contributed by atoms with Crippen LogP contribution < -0.4 is 4.72 Å². The molecular formula is C21H25NO3S2. The number of hydrogen-bond acceptors (Lipinski definition) is 4. The second kappa shape index (κ2) is 7.02. The summed E-state index contributed by atoms with van der Waals surface area (Å²) in [5.41, 5.74) is -0.262. The van der Waals surface area contributed by atoms with Crippen LogP contribution in [0.15, 0.2) is 59.5 Å². The third-order valence-electron chi connectivity index (χ3n) is 4.59. The van der Waals surface area contributed by atoms with E-state index in [0.717, 1.165) is 20.5 Å². The van der Waals surface area contributed by atoms with Gasteiger partial charge >= 0.3 is 0 Å². The Hall–Kier alpha value is -1.73. The molecule has 1 aromatic heterocycles. The molecule has 0 bridgehead atoms. The molecule has 4 nitrogen and oxygen atoms in total. The second-order valence-electron chi connectivity index (χ2n) is 8.02. The van der Waals surface area contributed by atoms with Crippen LogP contribution in [0.25, 0.3) is 10.1 Å². The van der Waals surface area contributed by atoms with Crippen molar-refractivity contribution in [3.63, 3.8) is 0 Å². The summed E-state index contributed by atoms with van der Waals surface area (Å²) in [7, 11) is -3.70. The number of nitrogens with one attached hydrogen (secondary N) is 1. The topological polar surface area (TPSA) is 66.4 Å². The lowest BCUT2D eigenvalue weighted by Gasteiger charge is -2.22. The number of sulfonamides is 1. The van der Waals surface area contributed by atoms with Gasteiger partial charge in [0.15, 0.2) is 0 Å². The Bertz CT molecular complexity index is 1010. The van der Waals surface area contributed by atoms with E-state index in [4.69, 9.17) is 0 Å². The van der Waals surface area contributed by atoms with E-state index in [9.17, 15) is 13.5 Å². The van der Waals surface area contributed by atoms with Crippen LogP contribution in [0.2, 0.25) is 0 Å². The van der Waals surface area contributed by atoms with E-state index < -0.39 is 15.6 Å². The molecule has 144 valence electrons. The molecule has 1 heterocycles. The minimum atomic E-state index is -3.70. The maximum atomic E-state index is 12.6. The molecule has 27 heavy (non-hydrogen) atoms. The molecule has 0 saturated heterocycles. The van der Waals surface area contributed by atoms with E-state index in [2.05, 4.69) is 25.5 Å². The highest BCUT2D eigenvalue weighted by molar-refractivity contribution is 7.89. The monoisotopic (exact) mass is 403 g/mol. The van der Waals surface area contributed by atoms with Gasteiger partial charge in [0.05, 0.1) is 4.90 Å². The molecule has 2 aromatic carbocycles. The highest BCUT2D eigenvalue weighted by atomic mass is 32.2. The van der Waals surface area contributed by atoms with Crippen molar-refractivity contribution < 1.29 is 13.5 Å². The second-order valence-corrected chi connectivity index (χ2v) is 10.9. The largest absolute Gasteiger partial charge is 0.383 e. The van der Waals surface area contributed by atoms with Crippen LogP contribution in [0, 0.1) is 0 Å². The van der Waals surface area contributed by atoms with Gasteiger partial charge in [-0.1, -0.05) is 51.1 Å². The van der Waals surface area contributed by atoms with Crippen LogP contribution in [-0.4, -0.2) is 20.1 Å². The van der Waals surface area contributed by atoms with Crippen molar-refractivity contribution in [2.45, 2.75) is 43.6 Å². The molecule has 0 saturated carbocycles. The van der Waals surface area contributed by atoms with Crippen molar-refractivity contribution in [2.75, 3.05) is 6.54 Å². The summed E-state index contributed by atoms with van der Waals surface area (Å²) in [5.74, 6) is 0. The van der Waals surface area contributed by atoms with Gasteiger partial charge in [0.2, 0.25) is 10.0 Å². The van der Waals surface area contributed by atoms with Crippen LogP contribution in [0.4, 0.5) is 0 Å². The van der Waals surface area contributed by atoms with Gasteiger partial charge < -0.3 is 5.11 Å². The summed E-state index contributed by atoms with van der Waals surface area (Å²) in [6.07, 6.45) is 0. The number of fused-ring (bicyclic) bond motifs is 1. The van der Waals surface area contributed by atoms with E-state index >= 15 is 0 Å². The van der Waals surface area contributed by atoms with Crippen LogP contribution in [0.3, 0.4) is 0 Å². The fraction of sp³-hybridized carbons (Fsp3) is 0.333. The standard InChI is InChI=1S/C21H25NO3S2/c1-20(2,3)16-9-11-17(12-10-16)27(24,25)22-14-21(4,23)19-13-15-7-5-6-8-18(15)26-19/h5-13,22-23H,14H2,1-4H3. The summed E-state index contributed by atoms with van der Waals surface area (Å²) in [6, 6.07) is 16.6. The fourth-order valence-corrected chi connectivity index (χ4v) is 5.03. The molecule has 2 N–H and O–H groups in total. The number of aliphatic hydroxyl groups is 1. The van der Waals surface area contributed by atoms with Gasteiger partial charge in [-0.15, -0.1) is 11.3 Å². The van der Waals surface area contributed by atoms with Crippen molar-refractivity contribution in [2.24, 2.45) is 0 Å². The lowest BCUT2D eigenvalue weighted by Crippen LogP contribution is -2.38. The molecule has 6 heteroatoms. The molecule has 0 radical (unpaired) electrons. The summed E-state index contributed by atoms with van der Waals surface area (Å²) < 4.78 is 28.9. The first-order valence-corrected chi connectivity index (χ1v) is 11.1. The average molecular weight is 404 g/mol. The molecule has 0 amide bonds. The predicted octanol–water partition coefficient (Wildman–Crippen LogP) is 4.38. The lowest BCUT2D eigenvalue weighted by atomic mass is 9.87. The van der Waals surface area contributed by atoms with Gasteiger partial charge in [-0.05, 0) is 47.6 Å². The molecule has 0 aliphatic carbocycles. The molecule has 0 fully saturated rings. The third-order valence-corrected chi connectivity index (χ3v) is 7.38. The highest BCUT2D eigenvalue weighted by Gasteiger charge is 2.28. The summed E-state index contributed by atoms with van der Waals surface area (Å²) in [4.78, 5) is 0.928. The Kier molecular flexibility index (Phi) is 5.20. The molecule has 3 rings (SSSR count). The van der Waals surface area contributed by atoms with Gasteiger partial charge in [0, 0.05) is 16.1 Å². The van der Waals surface area contributed by atoms with Gasteiger partial charge in [-0.25, -0.2) is 13.1 Å². The number of hydrogen-bond donors (Lipinski definition) is 2. The first kappa shape index (κ1) is 20.0. The van der Waals surface area contributed by atoms with Crippen LogP contribution in [0.1, 0.15) is 38.1 Å². The van der Waals surface area contributed by atoms with Crippen molar-refractivity contribution >= 4 is 31.4 Å². The Morgan fingerprint density at radius 2 is 1.63 bits per heavy atom. The SMILES string of the molecule is CC(C)(C)c1ccc(S(=O)(=O)NCC(C)(O)c2cc3ccccc3s2)cc1. The van der Waals surface area contributed by atoms with Crippen molar-refractivity contribution in [1.29, 1.82) is 0 Å². The maximum Gasteiger partial charge on any atom is 0.240 e. The Morgan fingerprint density at radius 1 is 1.00 bits per heavy atom. The van der Waals surface area contributed by atoms with E-state index in [1.165, 1.54) is 11.3 Å². The molecule has 1 atom stereocenters. The summed E-state index contributed by atoms with van der Waals surface area (Å²) in [5, 5.41) is 11.9. The van der Waals surface area contributed by atoms with Crippen LogP contribution >= 0.6 is 11.3 Å². The highest BCUT2D eigenvalue weighted by Crippen LogP contribution is 2.33. The first-order chi connectivity index (χ1) is 12.5. The minimum absolute atomic E-state index is 0.0411. The van der Waals surface area contributed by atoms with Crippen LogP contribution in [0.5, 0.6) is 0 Å². The summed E-state index contributed by atoms with van der Waals surface area (Å²) in [6.45, 7) is 7.77.